The van der Waals surface area contributed by atoms with Gasteiger partial charge in [-0.25, -0.2) is 14.5 Å². The van der Waals surface area contributed by atoms with E-state index >= 15 is 0 Å². The van der Waals surface area contributed by atoms with E-state index in [4.69, 9.17) is 0 Å². The lowest BCUT2D eigenvalue weighted by atomic mass is 10.2. The Hall–Kier alpha value is -2.79. The van der Waals surface area contributed by atoms with E-state index in [9.17, 15) is 0 Å². The summed E-state index contributed by atoms with van der Waals surface area (Å²) in [5.41, 5.74) is 2.55. The van der Waals surface area contributed by atoms with Gasteiger partial charge >= 0.3 is 0 Å². The number of benzene rings is 1. The van der Waals surface area contributed by atoms with Crippen molar-refractivity contribution in [3.8, 4) is 11.4 Å². The fourth-order valence-corrected chi connectivity index (χ4v) is 3.99. The minimum Gasteiger partial charge on any atom is -0.305 e. The summed E-state index contributed by atoms with van der Waals surface area (Å²) in [6.07, 6.45) is 3.42. The van der Waals surface area contributed by atoms with E-state index in [-0.39, 0.29) is 0 Å². The van der Waals surface area contributed by atoms with E-state index in [0.29, 0.717) is 11.6 Å². The summed E-state index contributed by atoms with van der Waals surface area (Å²) in [6.45, 7) is 0. The number of halogens is 1. The first-order valence-corrected chi connectivity index (χ1v) is 10.2. The monoisotopic (exact) mass is 455 g/mol. The van der Waals surface area contributed by atoms with Crippen molar-refractivity contribution < 1.29 is 0 Å². The van der Waals surface area contributed by atoms with Crippen molar-refractivity contribution in [3.63, 3.8) is 0 Å². The van der Waals surface area contributed by atoms with Crippen molar-refractivity contribution >= 4 is 44.4 Å². The molecule has 5 aromatic rings. The SMILES string of the molecule is Cn1c(SCc2nc3c4cnn(C)c4ncn3n2)nnc1-c1ccc(Br)cc1. The number of hydrogen-bond acceptors (Lipinski definition) is 7. The highest BCUT2D eigenvalue weighted by Gasteiger charge is 2.14. The fourth-order valence-electron chi connectivity index (χ4n) is 2.96. The van der Waals surface area contributed by atoms with Gasteiger partial charge in [0, 0.05) is 24.1 Å². The third-order valence-corrected chi connectivity index (χ3v) is 5.93. The molecule has 0 radical (unpaired) electrons. The number of aryl methyl sites for hydroxylation is 1. The van der Waals surface area contributed by atoms with Crippen molar-refractivity contribution in [2.75, 3.05) is 0 Å². The van der Waals surface area contributed by atoms with E-state index in [0.717, 1.165) is 37.7 Å². The molecular weight excluding hydrogens is 442 g/mol. The highest BCUT2D eigenvalue weighted by atomic mass is 79.9. The Bertz CT molecular complexity index is 1300. The van der Waals surface area contributed by atoms with E-state index in [1.54, 1.807) is 33.5 Å². The molecule has 0 N–H and O–H groups in total. The standard InChI is InChI=1S/C17H14BrN9S/c1-25-14(10-3-5-11(18)6-4-10)22-23-17(25)28-8-13-21-16-12-7-20-26(2)15(12)19-9-27(16)24-13/h3-7,9H,8H2,1-2H3. The molecule has 0 aliphatic rings. The zero-order chi connectivity index (χ0) is 19.3. The lowest BCUT2D eigenvalue weighted by molar-refractivity contribution is 0.782. The summed E-state index contributed by atoms with van der Waals surface area (Å²) in [4.78, 5) is 9.03. The van der Waals surface area contributed by atoms with E-state index < -0.39 is 0 Å². The van der Waals surface area contributed by atoms with Crippen LogP contribution >= 0.6 is 27.7 Å². The Balaban J connectivity index is 1.40. The first kappa shape index (κ1) is 17.3. The molecule has 0 unspecified atom stereocenters. The van der Waals surface area contributed by atoms with Crippen LogP contribution in [0, 0.1) is 0 Å². The Labute approximate surface area is 171 Å². The van der Waals surface area contributed by atoms with Crippen LogP contribution < -0.4 is 0 Å². The zero-order valence-electron chi connectivity index (χ0n) is 15.0. The molecule has 0 fully saturated rings. The number of hydrogen-bond donors (Lipinski definition) is 0. The molecule has 0 saturated heterocycles. The minimum atomic E-state index is 0.579. The van der Waals surface area contributed by atoms with Crippen LogP contribution in [0.25, 0.3) is 28.1 Å². The molecule has 5 rings (SSSR count). The smallest absolute Gasteiger partial charge is 0.191 e. The summed E-state index contributed by atoms with van der Waals surface area (Å²) < 4.78 is 6.42. The van der Waals surface area contributed by atoms with Crippen LogP contribution in [-0.4, -0.2) is 44.1 Å². The lowest BCUT2D eigenvalue weighted by Gasteiger charge is -2.03. The fraction of sp³-hybridized carbons (Fsp3) is 0.176. The maximum absolute atomic E-state index is 4.65. The van der Waals surface area contributed by atoms with Gasteiger partial charge in [-0.2, -0.15) is 5.10 Å². The van der Waals surface area contributed by atoms with Gasteiger partial charge in [-0.1, -0.05) is 39.8 Å². The van der Waals surface area contributed by atoms with Gasteiger partial charge in [0.25, 0.3) is 0 Å². The Morgan fingerprint density at radius 2 is 1.89 bits per heavy atom. The molecule has 140 valence electrons. The number of nitrogens with zero attached hydrogens (tertiary/aromatic N) is 9. The van der Waals surface area contributed by atoms with Crippen LogP contribution in [-0.2, 0) is 19.8 Å². The van der Waals surface area contributed by atoms with E-state index in [1.165, 1.54) is 0 Å². The third-order valence-electron chi connectivity index (χ3n) is 4.38. The van der Waals surface area contributed by atoms with Crippen LogP contribution in [0.1, 0.15) is 5.82 Å². The van der Waals surface area contributed by atoms with Gasteiger partial charge in [-0.3, -0.25) is 4.68 Å². The summed E-state index contributed by atoms with van der Waals surface area (Å²) >= 11 is 5.00. The largest absolute Gasteiger partial charge is 0.305 e. The van der Waals surface area contributed by atoms with Gasteiger partial charge in [-0.15, -0.1) is 15.3 Å². The molecule has 4 aromatic heterocycles. The topological polar surface area (TPSA) is 91.6 Å². The molecule has 0 aliphatic carbocycles. The van der Waals surface area contributed by atoms with Gasteiger partial charge < -0.3 is 4.57 Å². The molecule has 0 amide bonds. The summed E-state index contributed by atoms with van der Waals surface area (Å²) in [5, 5.41) is 19.1. The van der Waals surface area contributed by atoms with Crippen LogP contribution in [0.2, 0.25) is 0 Å². The molecule has 28 heavy (non-hydrogen) atoms. The van der Waals surface area contributed by atoms with Crippen LogP contribution in [0.3, 0.4) is 0 Å². The highest BCUT2D eigenvalue weighted by molar-refractivity contribution is 9.10. The predicted octanol–water partition coefficient (Wildman–Crippen LogP) is 2.86. The summed E-state index contributed by atoms with van der Waals surface area (Å²) in [6, 6.07) is 8.01. The second kappa shape index (κ2) is 6.67. The van der Waals surface area contributed by atoms with Crippen molar-refractivity contribution in [2.45, 2.75) is 10.9 Å². The predicted molar refractivity (Wildman–Crippen MR) is 109 cm³/mol. The Kier molecular flexibility index (Phi) is 4.13. The molecule has 11 heteroatoms. The van der Waals surface area contributed by atoms with E-state index in [1.807, 2.05) is 42.9 Å². The molecule has 0 bridgehead atoms. The maximum Gasteiger partial charge on any atom is 0.191 e. The Morgan fingerprint density at radius 3 is 2.71 bits per heavy atom. The van der Waals surface area contributed by atoms with Gasteiger partial charge in [0.2, 0.25) is 0 Å². The quantitative estimate of drug-likeness (QED) is 0.384. The summed E-state index contributed by atoms with van der Waals surface area (Å²) in [5.74, 6) is 2.10. The van der Waals surface area contributed by atoms with Crippen molar-refractivity contribution in [1.29, 1.82) is 0 Å². The number of thioether (sulfide) groups is 1. The molecule has 0 aliphatic heterocycles. The third kappa shape index (κ3) is 2.87. The first-order valence-electron chi connectivity index (χ1n) is 8.40. The van der Waals surface area contributed by atoms with Crippen molar-refractivity contribution in [2.24, 2.45) is 14.1 Å². The van der Waals surface area contributed by atoms with Crippen LogP contribution in [0.15, 0.2) is 46.4 Å². The zero-order valence-corrected chi connectivity index (χ0v) is 17.4. The van der Waals surface area contributed by atoms with Crippen LogP contribution in [0.5, 0.6) is 0 Å². The highest BCUT2D eigenvalue weighted by Crippen LogP contribution is 2.26. The molecule has 0 saturated carbocycles. The molecule has 0 spiro atoms. The molecule has 9 nitrogen and oxygen atoms in total. The first-order chi connectivity index (χ1) is 13.6. The van der Waals surface area contributed by atoms with Crippen molar-refractivity contribution in [3.05, 3.63) is 47.1 Å². The summed E-state index contributed by atoms with van der Waals surface area (Å²) in [7, 11) is 3.82. The molecule has 4 heterocycles. The molecule has 1 aromatic carbocycles. The number of fused-ring (bicyclic) bond motifs is 3. The molecular formula is C17H14BrN9S. The average Bonchev–Trinajstić information content (AvgIpc) is 3.38. The number of rotatable bonds is 4. The average molecular weight is 456 g/mol. The van der Waals surface area contributed by atoms with Gasteiger partial charge in [0.15, 0.2) is 28.1 Å². The van der Waals surface area contributed by atoms with Gasteiger partial charge in [-0.05, 0) is 12.1 Å². The van der Waals surface area contributed by atoms with E-state index in [2.05, 4.69) is 46.3 Å². The number of aromatic nitrogens is 9. The second-order valence-corrected chi connectivity index (χ2v) is 8.07. The van der Waals surface area contributed by atoms with Crippen molar-refractivity contribution in [1.82, 2.24) is 44.1 Å². The maximum atomic E-state index is 4.65. The second-order valence-electron chi connectivity index (χ2n) is 6.21. The van der Waals surface area contributed by atoms with Gasteiger partial charge in [0.1, 0.15) is 6.33 Å². The lowest BCUT2D eigenvalue weighted by Crippen LogP contribution is -1.96. The Morgan fingerprint density at radius 1 is 1.07 bits per heavy atom. The molecule has 0 atom stereocenters. The normalized spacial score (nSPS) is 11.7. The minimum absolute atomic E-state index is 0.579. The van der Waals surface area contributed by atoms with Crippen LogP contribution in [0.4, 0.5) is 0 Å². The van der Waals surface area contributed by atoms with Gasteiger partial charge in [0.05, 0.1) is 17.3 Å².